The summed E-state index contributed by atoms with van der Waals surface area (Å²) >= 11 is 0. The molecule has 41 heavy (non-hydrogen) atoms. The molecule has 4 rings (SSSR count). The topological polar surface area (TPSA) is 67.9 Å². The SMILES string of the molecule is CCC(C)Oc1ccc(C=Nc2ccc(N=Nc3ccc(N=Cc4ccc(OC(C)(C)CC)cc4)cc3)cc2)cc1. The molecule has 0 radical (unpaired) electrons. The number of benzene rings is 4. The Bertz CT molecular complexity index is 1460. The number of rotatable bonds is 12. The van der Waals surface area contributed by atoms with Gasteiger partial charge in [-0.25, -0.2) is 0 Å². The lowest BCUT2D eigenvalue weighted by Crippen LogP contribution is -2.26. The highest BCUT2D eigenvalue weighted by Gasteiger charge is 2.16. The van der Waals surface area contributed by atoms with E-state index in [0.717, 1.165) is 58.2 Å². The number of aliphatic imine (C=N–C) groups is 2. The maximum Gasteiger partial charge on any atom is 0.120 e. The van der Waals surface area contributed by atoms with E-state index >= 15 is 0 Å². The van der Waals surface area contributed by atoms with Crippen molar-refractivity contribution in [3.63, 3.8) is 0 Å². The molecule has 6 heteroatoms. The summed E-state index contributed by atoms with van der Waals surface area (Å²) in [6.07, 6.45) is 5.81. The highest BCUT2D eigenvalue weighted by atomic mass is 16.5. The summed E-state index contributed by atoms with van der Waals surface area (Å²) in [5.74, 6) is 1.73. The Morgan fingerprint density at radius 3 is 1.44 bits per heavy atom. The molecule has 0 saturated heterocycles. The maximum absolute atomic E-state index is 6.01. The first kappa shape index (κ1) is 29.4. The molecule has 0 aliphatic rings. The van der Waals surface area contributed by atoms with Crippen LogP contribution in [-0.4, -0.2) is 24.1 Å². The standard InChI is InChI=1S/C35H38N4O2/c1-6-26(3)40-33-20-8-27(9-21-33)24-36-29-12-16-31(17-13-29)38-39-32-18-14-30(15-19-32)37-25-28-10-22-34(23-11-28)41-35(4,5)7-2/h8-26H,6-7H2,1-5H3. The Hall–Kier alpha value is -4.58. The van der Waals surface area contributed by atoms with Crippen molar-refractivity contribution in [3.8, 4) is 11.5 Å². The van der Waals surface area contributed by atoms with Crippen molar-refractivity contribution in [2.45, 2.75) is 59.2 Å². The zero-order valence-corrected chi connectivity index (χ0v) is 24.5. The second kappa shape index (κ2) is 14.2. The fourth-order valence-corrected chi connectivity index (χ4v) is 3.59. The fourth-order valence-electron chi connectivity index (χ4n) is 3.59. The first-order valence-corrected chi connectivity index (χ1v) is 14.1. The summed E-state index contributed by atoms with van der Waals surface area (Å²) in [7, 11) is 0. The van der Waals surface area contributed by atoms with Gasteiger partial charge in [0.25, 0.3) is 0 Å². The van der Waals surface area contributed by atoms with E-state index in [2.05, 4.69) is 54.8 Å². The monoisotopic (exact) mass is 546 g/mol. The van der Waals surface area contributed by atoms with Gasteiger partial charge in [-0.2, -0.15) is 10.2 Å². The van der Waals surface area contributed by atoms with E-state index in [1.54, 1.807) is 0 Å². The largest absolute Gasteiger partial charge is 0.491 e. The van der Waals surface area contributed by atoms with Crippen LogP contribution >= 0.6 is 0 Å². The van der Waals surface area contributed by atoms with Crippen LogP contribution in [0.1, 0.15) is 58.6 Å². The molecule has 0 N–H and O–H groups in total. The molecule has 0 spiro atoms. The highest BCUT2D eigenvalue weighted by Crippen LogP contribution is 2.24. The van der Waals surface area contributed by atoms with E-state index in [9.17, 15) is 0 Å². The van der Waals surface area contributed by atoms with Crippen LogP contribution in [0.2, 0.25) is 0 Å². The first-order chi connectivity index (χ1) is 19.8. The molecule has 0 aliphatic heterocycles. The van der Waals surface area contributed by atoms with Gasteiger partial charge in [0.2, 0.25) is 0 Å². The van der Waals surface area contributed by atoms with E-state index in [0.29, 0.717) is 0 Å². The first-order valence-electron chi connectivity index (χ1n) is 14.1. The van der Waals surface area contributed by atoms with Crippen LogP contribution in [0.4, 0.5) is 22.7 Å². The van der Waals surface area contributed by atoms with Crippen LogP contribution < -0.4 is 9.47 Å². The van der Waals surface area contributed by atoms with Crippen molar-refractivity contribution in [1.82, 2.24) is 0 Å². The minimum Gasteiger partial charge on any atom is -0.491 e. The van der Waals surface area contributed by atoms with Crippen LogP contribution in [0.15, 0.2) is 117 Å². The van der Waals surface area contributed by atoms with E-state index < -0.39 is 0 Å². The quantitative estimate of drug-likeness (QED) is 0.131. The average molecular weight is 547 g/mol. The lowest BCUT2D eigenvalue weighted by molar-refractivity contribution is 0.105. The van der Waals surface area contributed by atoms with Gasteiger partial charge in [0.05, 0.1) is 28.9 Å². The van der Waals surface area contributed by atoms with Gasteiger partial charge in [-0.1, -0.05) is 13.8 Å². The maximum atomic E-state index is 6.01. The Morgan fingerprint density at radius 1 is 0.610 bits per heavy atom. The Kier molecular flexibility index (Phi) is 10.2. The van der Waals surface area contributed by atoms with Crippen molar-refractivity contribution in [3.05, 3.63) is 108 Å². The van der Waals surface area contributed by atoms with Crippen LogP contribution in [0, 0.1) is 0 Å². The highest BCUT2D eigenvalue weighted by molar-refractivity contribution is 5.82. The molecular weight excluding hydrogens is 508 g/mol. The lowest BCUT2D eigenvalue weighted by atomic mass is 10.1. The predicted octanol–water partition coefficient (Wildman–Crippen LogP) is 10.3. The van der Waals surface area contributed by atoms with Crippen LogP contribution in [0.25, 0.3) is 0 Å². The number of hydrogen-bond acceptors (Lipinski definition) is 6. The van der Waals surface area contributed by atoms with Gasteiger partial charge in [0, 0.05) is 12.4 Å². The van der Waals surface area contributed by atoms with Crippen molar-refractivity contribution < 1.29 is 9.47 Å². The van der Waals surface area contributed by atoms with Gasteiger partial charge in [-0.05, 0) is 142 Å². The molecule has 0 fully saturated rings. The fraction of sp³-hybridized carbons (Fsp3) is 0.257. The van der Waals surface area contributed by atoms with Gasteiger partial charge < -0.3 is 9.47 Å². The van der Waals surface area contributed by atoms with Crippen molar-refractivity contribution >= 4 is 35.2 Å². The zero-order chi connectivity index (χ0) is 29.1. The van der Waals surface area contributed by atoms with Crippen LogP contribution in [0.3, 0.4) is 0 Å². The number of nitrogens with zero attached hydrogens (tertiary/aromatic N) is 4. The Morgan fingerprint density at radius 2 is 1.02 bits per heavy atom. The summed E-state index contributed by atoms with van der Waals surface area (Å²) in [6, 6.07) is 31.2. The van der Waals surface area contributed by atoms with E-state index in [4.69, 9.17) is 9.47 Å². The third-order valence-electron chi connectivity index (χ3n) is 6.62. The normalized spacial score (nSPS) is 12.8. The third kappa shape index (κ3) is 9.53. The molecule has 1 unspecified atom stereocenters. The minimum absolute atomic E-state index is 0.177. The zero-order valence-electron chi connectivity index (χ0n) is 24.5. The second-order valence-corrected chi connectivity index (χ2v) is 10.4. The van der Waals surface area contributed by atoms with Crippen LogP contribution in [0.5, 0.6) is 11.5 Å². The van der Waals surface area contributed by atoms with Gasteiger partial charge in [-0.15, -0.1) is 0 Å². The van der Waals surface area contributed by atoms with Crippen molar-refractivity contribution in [1.29, 1.82) is 0 Å². The van der Waals surface area contributed by atoms with E-state index in [-0.39, 0.29) is 11.7 Å². The summed E-state index contributed by atoms with van der Waals surface area (Å²) < 4.78 is 11.8. The Labute approximate surface area is 243 Å². The lowest BCUT2D eigenvalue weighted by Gasteiger charge is -2.24. The molecule has 1 atom stereocenters. The third-order valence-corrected chi connectivity index (χ3v) is 6.62. The molecule has 0 bridgehead atoms. The number of azo groups is 1. The smallest absolute Gasteiger partial charge is 0.120 e. The van der Waals surface area contributed by atoms with Gasteiger partial charge >= 0.3 is 0 Å². The molecule has 210 valence electrons. The van der Waals surface area contributed by atoms with Gasteiger partial charge in [0.1, 0.15) is 17.1 Å². The predicted molar refractivity (Wildman–Crippen MR) is 170 cm³/mol. The molecule has 0 aliphatic carbocycles. The average Bonchev–Trinajstić information content (AvgIpc) is 3.00. The molecule has 6 nitrogen and oxygen atoms in total. The summed E-state index contributed by atoms with van der Waals surface area (Å²) in [5.41, 5.74) is 5.04. The molecule has 0 amide bonds. The molecule has 4 aromatic carbocycles. The van der Waals surface area contributed by atoms with Crippen LogP contribution in [-0.2, 0) is 0 Å². The summed E-state index contributed by atoms with van der Waals surface area (Å²) in [6.45, 7) is 10.5. The van der Waals surface area contributed by atoms with Crippen molar-refractivity contribution in [2.75, 3.05) is 0 Å². The van der Waals surface area contributed by atoms with Gasteiger partial charge in [-0.3, -0.25) is 9.98 Å². The molecule has 0 heterocycles. The molecular formula is C35H38N4O2. The minimum atomic E-state index is -0.177. The molecule has 4 aromatic rings. The molecule has 0 saturated carbocycles. The Balaban J connectivity index is 1.28. The van der Waals surface area contributed by atoms with Crippen molar-refractivity contribution in [2.24, 2.45) is 20.2 Å². The molecule has 0 aromatic heterocycles. The second-order valence-electron chi connectivity index (χ2n) is 10.4. The van der Waals surface area contributed by atoms with Gasteiger partial charge in [0.15, 0.2) is 0 Å². The van der Waals surface area contributed by atoms with E-state index in [1.165, 1.54) is 0 Å². The summed E-state index contributed by atoms with van der Waals surface area (Å²) in [4.78, 5) is 9.12. The number of hydrogen-bond donors (Lipinski definition) is 0. The summed E-state index contributed by atoms with van der Waals surface area (Å²) in [5, 5.41) is 8.70. The number of ether oxygens (including phenoxy) is 2. The van der Waals surface area contributed by atoms with E-state index in [1.807, 2.05) is 109 Å².